The molecule has 2 heterocycles. The van der Waals surface area contributed by atoms with Crippen LogP contribution in [0, 0.1) is 0 Å². The lowest BCUT2D eigenvalue weighted by Gasteiger charge is -2.25. The standard InChI is InChI=1S/C21H17NO6S/c1-26-29-14-10-17(24)19-16(23)9-13(27-18(19)11-14)7-8-15-21(25)28-20(22-15)12-5-3-2-4-6-12/h2-6,8,10-11,13,24H,7,9H2,1H3. The van der Waals surface area contributed by atoms with E-state index in [0.717, 1.165) is 12.0 Å². The van der Waals surface area contributed by atoms with Crippen molar-refractivity contribution < 1.29 is 28.4 Å². The monoisotopic (exact) mass is 411 g/mol. The normalized spacial score (nSPS) is 19.6. The number of fused-ring (bicyclic) bond motifs is 1. The molecule has 8 heteroatoms. The Balaban J connectivity index is 1.52. The Labute approximate surface area is 171 Å². The quantitative estimate of drug-likeness (QED) is 0.456. The summed E-state index contributed by atoms with van der Waals surface area (Å²) in [5.41, 5.74) is 1.05. The predicted octanol–water partition coefficient (Wildman–Crippen LogP) is 3.66. The molecule has 0 saturated carbocycles. The van der Waals surface area contributed by atoms with Gasteiger partial charge >= 0.3 is 5.97 Å². The lowest BCUT2D eigenvalue weighted by atomic mass is 9.98. The van der Waals surface area contributed by atoms with Gasteiger partial charge in [0.2, 0.25) is 5.90 Å². The number of ketones is 1. The first-order valence-electron chi connectivity index (χ1n) is 8.89. The van der Waals surface area contributed by atoms with Gasteiger partial charge in [0.15, 0.2) is 5.78 Å². The van der Waals surface area contributed by atoms with E-state index in [1.807, 2.05) is 18.2 Å². The van der Waals surface area contributed by atoms with Crippen LogP contribution >= 0.6 is 12.0 Å². The van der Waals surface area contributed by atoms with E-state index in [2.05, 4.69) is 4.99 Å². The number of esters is 1. The minimum Gasteiger partial charge on any atom is -0.507 e. The van der Waals surface area contributed by atoms with Gasteiger partial charge in [-0.25, -0.2) is 9.79 Å². The maximum absolute atomic E-state index is 12.5. The topological polar surface area (TPSA) is 94.4 Å². The van der Waals surface area contributed by atoms with Crippen LogP contribution in [0.3, 0.4) is 0 Å². The molecule has 2 aliphatic heterocycles. The van der Waals surface area contributed by atoms with Crippen molar-refractivity contribution in [3.63, 3.8) is 0 Å². The zero-order valence-electron chi connectivity index (χ0n) is 15.5. The fraction of sp³-hybridized carbons (Fsp3) is 0.190. The lowest BCUT2D eigenvalue weighted by Crippen LogP contribution is -2.26. The van der Waals surface area contributed by atoms with Gasteiger partial charge in [0.05, 0.1) is 7.11 Å². The lowest BCUT2D eigenvalue weighted by molar-refractivity contribution is -0.130. The molecule has 1 unspecified atom stereocenters. The molecule has 2 aromatic rings. The summed E-state index contributed by atoms with van der Waals surface area (Å²) in [6.45, 7) is 0. The number of rotatable bonds is 5. The first-order chi connectivity index (χ1) is 14.0. The van der Waals surface area contributed by atoms with Crippen molar-refractivity contribution in [1.82, 2.24) is 0 Å². The third-order valence-electron chi connectivity index (χ3n) is 4.44. The summed E-state index contributed by atoms with van der Waals surface area (Å²) in [6, 6.07) is 12.2. The zero-order chi connectivity index (χ0) is 20.4. The second-order valence-corrected chi connectivity index (χ2v) is 7.40. The molecule has 0 amide bonds. The molecule has 0 aromatic heterocycles. The summed E-state index contributed by atoms with van der Waals surface area (Å²) in [5, 5.41) is 10.1. The first kappa shape index (κ1) is 19.2. The van der Waals surface area contributed by atoms with Crippen molar-refractivity contribution in [2.24, 2.45) is 4.99 Å². The molecule has 2 aromatic carbocycles. The Kier molecular flexibility index (Phi) is 5.37. The van der Waals surface area contributed by atoms with E-state index in [9.17, 15) is 14.7 Å². The molecular formula is C21H17NO6S. The average molecular weight is 411 g/mol. The number of nitrogens with zero attached hydrogens (tertiary/aromatic N) is 1. The summed E-state index contributed by atoms with van der Waals surface area (Å²) in [4.78, 5) is 29.4. The molecule has 0 saturated heterocycles. The number of phenolic OH excluding ortho intramolecular Hbond substituents is 1. The third-order valence-corrected chi connectivity index (χ3v) is 5.03. The van der Waals surface area contributed by atoms with Gasteiger partial charge in [0.1, 0.15) is 28.9 Å². The van der Waals surface area contributed by atoms with Crippen LogP contribution in [0.5, 0.6) is 11.5 Å². The fourth-order valence-electron chi connectivity index (χ4n) is 3.15. The average Bonchev–Trinajstić information content (AvgIpc) is 3.07. The minimum absolute atomic E-state index is 0.0887. The summed E-state index contributed by atoms with van der Waals surface area (Å²) in [7, 11) is 1.51. The molecule has 4 rings (SSSR count). The van der Waals surface area contributed by atoms with E-state index >= 15 is 0 Å². The van der Waals surface area contributed by atoms with Crippen LogP contribution in [0.25, 0.3) is 0 Å². The van der Waals surface area contributed by atoms with Crippen LogP contribution in [0.1, 0.15) is 28.8 Å². The van der Waals surface area contributed by atoms with E-state index < -0.39 is 12.1 Å². The highest BCUT2D eigenvalue weighted by atomic mass is 32.2. The molecule has 0 bridgehead atoms. The van der Waals surface area contributed by atoms with Crippen molar-refractivity contribution >= 4 is 29.7 Å². The second-order valence-electron chi connectivity index (χ2n) is 6.43. The maximum Gasteiger partial charge on any atom is 0.363 e. The maximum atomic E-state index is 12.5. The van der Waals surface area contributed by atoms with Gasteiger partial charge in [-0.2, -0.15) is 0 Å². The Bertz CT molecular complexity index is 1030. The van der Waals surface area contributed by atoms with Gasteiger partial charge in [-0.1, -0.05) is 18.2 Å². The Morgan fingerprint density at radius 1 is 1.28 bits per heavy atom. The number of ether oxygens (including phenoxy) is 2. The fourth-order valence-corrected chi connectivity index (χ4v) is 3.66. The van der Waals surface area contributed by atoms with Crippen LogP contribution in [0.4, 0.5) is 0 Å². The SMILES string of the molecule is COSc1cc(O)c2c(c1)OC(CC=C1N=C(c3ccccc3)OC1=O)CC2=O. The number of Topliss-reactive ketones (excluding diaryl/α,β-unsaturated/α-hetero) is 1. The Morgan fingerprint density at radius 3 is 2.83 bits per heavy atom. The highest BCUT2D eigenvalue weighted by Gasteiger charge is 2.30. The number of carbonyl (C=O) groups is 2. The first-order valence-corrected chi connectivity index (χ1v) is 9.63. The van der Waals surface area contributed by atoms with E-state index in [-0.39, 0.29) is 35.1 Å². The molecule has 29 heavy (non-hydrogen) atoms. The predicted molar refractivity (Wildman–Crippen MR) is 106 cm³/mol. The van der Waals surface area contributed by atoms with Crippen molar-refractivity contribution in [3.05, 3.63) is 65.4 Å². The number of hydrogen-bond acceptors (Lipinski definition) is 8. The summed E-state index contributed by atoms with van der Waals surface area (Å²) in [5.74, 6) is -0.350. The summed E-state index contributed by atoms with van der Waals surface area (Å²) in [6.07, 6.45) is 1.51. The summed E-state index contributed by atoms with van der Waals surface area (Å²) < 4.78 is 16.1. The Hall–Kier alpha value is -3.10. The van der Waals surface area contributed by atoms with Gasteiger partial charge in [0.25, 0.3) is 0 Å². The zero-order valence-corrected chi connectivity index (χ0v) is 16.3. The van der Waals surface area contributed by atoms with Gasteiger partial charge in [-0.3, -0.25) is 4.79 Å². The number of hydrogen-bond donors (Lipinski definition) is 1. The molecule has 2 aliphatic rings. The van der Waals surface area contributed by atoms with Crippen molar-refractivity contribution in [2.45, 2.75) is 23.8 Å². The van der Waals surface area contributed by atoms with Crippen LogP contribution in [0.2, 0.25) is 0 Å². The van der Waals surface area contributed by atoms with Crippen molar-refractivity contribution in [3.8, 4) is 11.5 Å². The molecule has 0 fully saturated rings. The van der Waals surface area contributed by atoms with Gasteiger partial charge in [-0.15, -0.1) is 0 Å². The van der Waals surface area contributed by atoms with E-state index in [1.54, 1.807) is 24.3 Å². The largest absolute Gasteiger partial charge is 0.507 e. The number of benzene rings is 2. The third kappa shape index (κ3) is 4.03. The van der Waals surface area contributed by atoms with Crippen LogP contribution < -0.4 is 4.74 Å². The molecule has 0 spiro atoms. The van der Waals surface area contributed by atoms with Crippen LogP contribution in [-0.2, 0) is 13.7 Å². The molecule has 0 radical (unpaired) electrons. The summed E-state index contributed by atoms with van der Waals surface area (Å²) >= 11 is 1.05. The molecule has 0 aliphatic carbocycles. The number of carbonyl (C=O) groups excluding carboxylic acids is 2. The second kappa shape index (κ2) is 8.10. The van der Waals surface area contributed by atoms with Gasteiger partial charge in [0, 0.05) is 35.3 Å². The van der Waals surface area contributed by atoms with Gasteiger partial charge < -0.3 is 18.8 Å². The number of aliphatic imine (C=N–C) groups is 1. The van der Waals surface area contributed by atoms with E-state index in [0.29, 0.717) is 22.6 Å². The minimum atomic E-state index is -0.539. The van der Waals surface area contributed by atoms with Gasteiger partial charge in [-0.05, 0) is 30.3 Å². The van der Waals surface area contributed by atoms with Crippen molar-refractivity contribution in [2.75, 3.05) is 7.11 Å². The molecule has 1 atom stereocenters. The highest BCUT2D eigenvalue weighted by molar-refractivity contribution is 7.94. The molecule has 1 N–H and O–H groups in total. The van der Waals surface area contributed by atoms with E-state index in [4.69, 9.17) is 13.7 Å². The Morgan fingerprint density at radius 2 is 2.07 bits per heavy atom. The molecular weight excluding hydrogens is 394 g/mol. The van der Waals surface area contributed by atoms with Crippen LogP contribution in [0.15, 0.2) is 64.1 Å². The molecule has 148 valence electrons. The molecule has 7 nitrogen and oxygen atoms in total. The number of phenols is 1. The number of aromatic hydroxyl groups is 1. The van der Waals surface area contributed by atoms with E-state index in [1.165, 1.54) is 13.2 Å². The van der Waals surface area contributed by atoms with Crippen molar-refractivity contribution in [1.29, 1.82) is 0 Å². The number of cyclic esters (lactones) is 1. The smallest absolute Gasteiger partial charge is 0.363 e. The highest BCUT2D eigenvalue weighted by Crippen LogP contribution is 2.39. The van der Waals surface area contributed by atoms with Crippen LogP contribution in [-0.4, -0.2) is 36.0 Å².